The molecule has 2 aromatic rings. The molecule has 2 heterocycles. The van der Waals surface area contributed by atoms with Crippen LogP contribution in [-0.4, -0.2) is 53.8 Å². The van der Waals surface area contributed by atoms with Crippen LogP contribution in [0.5, 0.6) is 0 Å². The molecular formula is C22H26N2O4. The summed E-state index contributed by atoms with van der Waals surface area (Å²) in [7, 11) is 3.91. The van der Waals surface area contributed by atoms with E-state index in [0.717, 1.165) is 17.7 Å². The third kappa shape index (κ3) is 3.73. The van der Waals surface area contributed by atoms with Gasteiger partial charge in [-0.2, -0.15) is 0 Å². The normalized spacial score (nSPS) is 19.0. The van der Waals surface area contributed by atoms with E-state index in [9.17, 15) is 14.7 Å². The topological polar surface area (TPSA) is 74.0 Å². The molecular weight excluding hydrogens is 356 g/mol. The third-order valence-corrected chi connectivity index (χ3v) is 5.01. The summed E-state index contributed by atoms with van der Waals surface area (Å²) in [6.45, 7) is 4.96. The van der Waals surface area contributed by atoms with Crippen LogP contribution in [0.15, 0.2) is 46.6 Å². The molecule has 1 aliphatic rings. The van der Waals surface area contributed by atoms with Crippen LogP contribution in [0.3, 0.4) is 0 Å². The predicted molar refractivity (Wildman–Crippen MR) is 107 cm³/mol. The van der Waals surface area contributed by atoms with Gasteiger partial charge in [-0.3, -0.25) is 9.59 Å². The molecule has 0 aliphatic carbocycles. The molecule has 6 heteroatoms. The van der Waals surface area contributed by atoms with Crippen molar-refractivity contribution < 1.29 is 19.1 Å². The Hall–Kier alpha value is -2.86. The predicted octanol–water partition coefficient (Wildman–Crippen LogP) is 3.27. The van der Waals surface area contributed by atoms with E-state index in [1.54, 1.807) is 12.1 Å². The van der Waals surface area contributed by atoms with E-state index >= 15 is 0 Å². The van der Waals surface area contributed by atoms with Gasteiger partial charge in [0, 0.05) is 12.1 Å². The number of nitrogens with zero attached hydrogens (tertiary/aromatic N) is 2. The number of Topliss-reactive ketones (excluding diaryl/α,β-unsaturated/α-hetero) is 1. The highest BCUT2D eigenvalue weighted by atomic mass is 16.3. The molecule has 0 saturated carbocycles. The van der Waals surface area contributed by atoms with Crippen molar-refractivity contribution in [3.8, 4) is 0 Å². The van der Waals surface area contributed by atoms with E-state index in [4.69, 9.17) is 4.42 Å². The first kappa shape index (κ1) is 19.9. The van der Waals surface area contributed by atoms with Crippen molar-refractivity contribution in [1.82, 2.24) is 9.80 Å². The molecule has 28 heavy (non-hydrogen) atoms. The van der Waals surface area contributed by atoms with Gasteiger partial charge in [0.2, 0.25) is 0 Å². The van der Waals surface area contributed by atoms with Crippen LogP contribution in [0.1, 0.15) is 34.9 Å². The Morgan fingerprint density at radius 2 is 1.96 bits per heavy atom. The first-order valence-electron chi connectivity index (χ1n) is 9.35. The zero-order chi connectivity index (χ0) is 20.4. The molecule has 0 radical (unpaired) electrons. The Balaban J connectivity index is 2.09. The molecule has 1 N–H and O–H groups in total. The Bertz CT molecular complexity index is 913. The van der Waals surface area contributed by atoms with Gasteiger partial charge in [-0.15, -0.1) is 0 Å². The summed E-state index contributed by atoms with van der Waals surface area (Å²) in [6.07, 6.45) is 2.22. The zero-order valence-electron chi connectivity index (χ0n) is 16.7. The average molecular weight is 382 g/mol. The maximum Gasteiger partial charge on any atom is 0.295 e. The number of carbonyl (C=O) groups is 2. The highest BCUT2D eigenvalue weighted by molar-refractivity contribution is 6.46. The van der Waals surface area contributed by atoms with Crippen molar-refractivity contribution in [3.05, 3.63) is 64.6 Å². The van der Waals surface area contributed by atoms with E-state index in [-0.39, 0.29) is 11.3 Å². The molecule has 1 saturated heterocycles. The number of carbonyl (C=O) groups excluding carboxylic acids is 2. The minimum absolute atomic E-state index is 0.0819. The molecule has 6 nitrogen and oxygen atoms in total. The zero-order valence-corrected chi connectivity index (χ0v) is 16.7. The van der Waals surface area contributed by atoms with Crippen LogP contribution in [0, 0.1) is 13.8 Å². The first-order chi connectivity index (χ1) is 13.3. The highest BCUT2D eigenvalue weighted by Crippen LogP contribution is 2.40. The third-order valence-electron chi connectivity index (χ3n) is 5.01. The van der Waals surface area contributed by atoms with Crippen molar-refractivity contribution >= 4 is 17.4 Å². The lowest BCUT2D eigenvalue weighted by atomic mass is 9.96. The summed E-state index contributed by atoms with van der Waals surface area (Å²) in [5.74, 6) is -0.969. The van der Waals surface area contributed by atoms with Crippen LogP contribution >= 0.6 is 0 Å². The van der Waals surface area contributed by atoms with Gasteiger partial charge in [-0.25, -0.2) is 0 Å². The fraction of sp³-hybridized carbons (Fsp3) is 0.364. The van der Waals surface area contributed by atoms with Gasteiger partial charge < -0.3 is 19.3 Å². The standard InChI is InChI=1S/C22H26N2O4/c1-14-8-9-15(2)16(13-14)20(25)18-19(17-7-5-12-28-17)24(22(27)21(18)26)11-6-10-23(3)4/h5,7-9,12-13,19,25H,6,10-11H2,1-4H3/t19-/m1/s1. The van der Waals surface area contributed by atoms with Gasteiger partial charge in [-0.05, 0) is 64.7 Å². The second-order valence-electron chi connectivity index (χ2n) is 7.48. The summed E-state index contributed by atoms with van der Waals surface area (Å²) in [4.78, 5) is 29.2. The molecule has 1 atom stereocenters. The fourth-order valence-corrected chi connectivity index (χ4v) is 3.55. The lowest BCUT2D eigenvalue weighted by Gasteiger charge is -2.24. The van der Waals surface area contributed by atoms with Crippen molar-refractivity contribution in [3.63, 3.8) is 0 Å². The summed E-state index contributed by atoms with van der Waals surface area (Å²) in [5, 5.41) is 11.0. The minimum Gasteiger partial charge on any atom is -0.507 e. The number of amides is 1. The monoisotopic (exact) mass is 382 g/mol. The number of aliphatic hydroxyl groups is 1. The van der Waals surface area contributed by atoms with Gasteiger partial charge in [-0.1, -0.05) is 17.7 Å². The van der Waals surface area contributed by atoms with Crippen LogP contribution in [0.25, 0.3) is 5.76 Å². The summed E-state index contributed by atoms with van der Waals surface area (Å²) < 4.78 is 5.54. The number of rotatable bonds is 6. The number of furan rings is 1. The van der Waals surface area contributed by atoms with Gasteiger partial charge >= 0.3 is 0 Å². The fourth-order valence-electron chi connectivity index (χ4n) is 3.55. The second kappa shape index (κ2) is 8.02. The number of aliphatic hydroxyl groups excluding tert-OH is 1. The van der Waals surface area contributed by atoms with Crippen LogP contribution in [-0.2, 0) is 9.59 Å². The van der Waals surface area contributed by atoms with Crippen molar-refractivity contribution in [1.29, 1.82) is 0 Å². The smallest absolute Gasteiger partial charge is 0.295 e. The number of benzene rings is 1. The Morgan fingerprint density at radius 3 is 2.61 bits per heavy atom. The SMILES string of the molecule is Cc1ccc(C)c(C(O)=C2C(=O)C(=O)N(CCCN(C)C)[C@@H]2c2ccco2)c1. The number of aryl methyl sites for hydroxylation is 2. The second-order valence-corrected chi connectivity index (χ2v) is 7.48. The van der Waals surface area contributed by atoms with E-state index in [2.05, 4.69) is 0 Å². The number of hydrogen-bond donors (Lipinski definition) is 1. The Labute approximate surface area is 165 Å². The lowest BCUT2D eigenvalue weighted by Crippen LogP contribution is -2.32. The maximum atomic E-state index is 12.9. The largest absolute Gasteiger partial charge is 0.507 e. The molecule has 0 spiro atoms. The number of ketones is 1. The molecule has 3 rings (SSSR count). The van der Waals surface area contributed by atoms with Crippen molar-refractivity contribution in [2.75, 3.05) is 27.2 Å². The van der Waals surface area contributed by atoms with Crippen molar-refractivity contribution in [2.45, 2.75) is 26.3 Å². The molecule has 1 amide bonds. The van der Waals surface area contributed by atoms with Crippen LogP contribution in [0.4, 0.5) is 0 Å². The molecule has 1 aliphatic heterocycles. The van der Waals surface area contributed by atoms with E-state index in [1.807, 2.05) is 51.0 Å². The van der Waals surface area contributed by atoms with Gasteiger partial charge in [0.1, 0.15) is 17.6 Å². The van der Waals surface area contributed by atoms with Gasteiger partial charge in [0.25, 0.3) is 11.7 Å². The van der Waals surface area contributed by atoms with E-state index in [1.165, 1.54) is 11.2 Å². The number of likely N-dealkylation sites (tertiary alicyclic amines) is 1. The Kier molecular flexibility index (Phi) is 5.70. The molecule has 0 bridgehead atoms. The van der Waals surface area contributed by atoms with Crippen LogP contribution < -0.4 is 0 Å². The van der Waals surface area contributed by atoms with Gasteiger partial charge in [0.05, 0.1) is 11.8 Å². The number of hydrogen-bond acceptors (Lipinski definition) is 5. The summed E-state index contributed by atoms with van der Waals surface area (Å²) in [5.41, 5.74) is 2.43. The molecule has 148 valence electrons. The Morgan fingerprint density at radius 1 is 1.21 bits per heavy atom. The average Bonchev–Trinajstić information content (AvgIpc) is 3.25. The highest BCUT2D eigenvalue weighted by Gasteiger charge is 2.47. The molecule has 1 fully saturated rings. The summed E-state index contributed by atoms with van der Waals surface area (Å²) in [6, 6.07) is 8.37. The van der Waals surface area contributed by atoms with E-state index < -0.39 is 17.7 Å². The van der Waals surface area contributed by atoms with E-state index in [0.29, 0.717) is 24.3 Å². The molecule has 1 aromatic carbocycles. The molecule has 0 unspecified atom stereocenters. The first-order valence-corrected chi connectivity index (χ1v) is 9.35. The summed E-state index contributed by atoms with van der Waals surface area (Å²) >= 11 is 0. The molecule has 1 aromatic heterocycles. The lowest BCUT2D eigenvalue weighted by molar-refractivity contribution is -0.140. The van der Waals surface area contributed by atoms with Crippen molar-refractivity contribution in [2.24, 2.45) is 0 Å². The quantitative estimate of drug-likeness (QED) is 0.472. The maximum absolute atomic E-state index is 12.9. The minimum atomic E-state index is -0.725. The van der Waals surface area contributed by atoms with Crippen LogP contribution in [0.2, 0.25) is 0 Å². The van der Waals surface area contributed by atoms with Gasteiger partial charge in [0.15, 0.2) is 0 Å².